The summed E-state index contributed by atoms with van der Waals surface area (Å²) in [5.74, 6) is 0.458. The maximum atomic E-state index is 9.08. The van der Waals surface area contributed by atoms with Crippen molar-refractivity contribution in [3.8, 4) is 0 Å². The fourth-order valence-corrected chi connectivity index (χ4v) is 2.54. The van der Waals surface area contributed by atoms with Gasteiger partial charge >= 0.3 is 0 Å². The van der Waals surface area contributed by atoms with Crippen LogP contribution in [-0.4, -0.2) is 34.7 Å². The Kier molecular flexibility index (Phi) is 4.62. The molecule has 1 N–H and O–H groups in total. The molecule has 0 radical (unpaired) electrons. The summed E-state index contributed by atoms with van der Waals surface area (Å²) in [6.45, 7) is 3.04. The molecule has 94 valence electrons. The highest BCUT2D eigenvalue weighted by Gasteiger charge is 2.19. The minimum Gasteiger partial charge on any atom is -0.396 e. The second-order valence-corrected chi connectivity index (χ2v) is 5.33. The molecule has 2 heterocycles. The van der Waals surface area contributed by atoms with Crippen LogP contribution in [0.4, 0.5) is 0 Å². The molecule has 3 nitrogen and oxygen atoms in total. The van der Waals surface area contributed by atoms with Crippen LogP contribution in [0.1, 0.15) is 18.5 Å². The minimum atomic E-state index is 0.299. The molecule has 0 bridgehead atoms. The van der Waals surface area contributed by atoms with E-state index in [0.29, 0.717) is 22.6 Å². The lowest BCUT2D eigenvalue weighted by Crippen LogP contribution is -2.34. The highest BCUT2D eigenvalue weighted by molar-refractivity contribution is 6.34. The Hall–Kier alpha value is -0.350. The van der Waals surface area contributed by atoms with Crippen molar-refractivity contribution in [3.05, 3.63) is 28.0 Å². The van der Waals surface area contributed by atoms with Crippen LogP contribution in [0.3, 0.4) is 0 Å². The van der Waals surface area contributed by atoms with Crippen LogP contribution in [0.15, 0.2) is 12.3 Å². The van der Waals surface area contributed by atoms with E-state index in [1.165, 1.54) is 0 Å². The Morgan fingerprint density at radius 1 is 1.35 bits per heavy atom. The molecule has 0 amide bonds. The number of hydrogen-bond acceptors (Lipinski definition) is 3. The Balaban J connectivity index is 1.93. The number of aliphatic hydroxyl groups is 1. The molecule has 1 aliphatic rings. The number of pyridine rings is 1. The number of aliphatic hydroxyl groups excluding tert-OH is 1. The fraction of sp³-hybridized carbons (Fsp3) is 0.583. The predicted molar refractivity (Wildman–Crippen MR) is 69.3 cm³/mol. The first kappa shape index (κ1) is 13.1. The van der Waals surface area contributed by atoms with Crippen molar-refractivity contribution in [2.45, 2.75) is 19.4 Å². The van der Waals surface area contributed by atoms with Gasteiger partial charge in [0.1, 0.15) is 0 Å². The van der Waals surface area contributed by atoms with E-state index >= 15 is 0 Å². The van der Waals surface area contributed by atoms with Crippen LogP contribution in [0, 0.1) is 5.92 Å². The van der Waals surface area contributed by atoms with Gasteiger partial charge in [-0.3, -0.25) is 9.88 Å². The van der Waals surface area contributed by atoms with Crippen LogP contribution in [0.5, 0.6) is 0 Å². The summed E-state index contributed by atoms with van der Waals surface area (Å²) in [4.78, 5) is 6.57. The molecular weight excluding hydrogens is 259 g/mol. The van der Waals surface area contributed by atoms with Gasteiger partial charge in [-0.1, -0.05) is 23.2 Å². The van der Waals surface area contributed by atoms with E-state index in [9.17, 15) is 0 Å². The largest absolute Gasteiger partial charge is 0.396 e. The monoisotopic (exact) mass is 274 g/mol. The molecule has 1 aliphatic heterocycles. The number of nitrogens with zero attached hydrogens (tertiary/aromatic N) is 2. The number of hydrogen-bond donors (Lipinski definition) is 1. The van der Waals surface area contributed by atoms with E-state index in [2.05, 4.69) is 9.88 Å². The highest BCUT2D eigenvalue weighted by atomic mass is 35.5. The van der Waals surface area contributed by atoms with Crippen molar-refractivity contribution in [1.29, 1.82) is 0 Å². The van der Waals surface area contributed by atoms with E-state index in [-0.39, 0.29) is 0 Å². The zero-order valence-corrected chi connectivity index (χ0v) is 11.1. The number of rotatable bonds is 3. The molecular formula is C12H16Cl2N2O. The number of likely N-dealkylation sites (tertiary alicyclic amines) is 1. The van der Waals surface area contributed by atoms with Crippen LogP contribution in [0.25, 0.3) is 0 Å². The summed E-state index contributed by atoms with van der Waals surface area (Å²) in [7, 11) is 0. The van der Waals surface area contributed by atoms with Crippen molar-refractivity contribution in [2.24, 2.45) is 5.92 Å². The third kappa shape index (κ3) is 3.55. The van der Waals surface area contributed by atoms with Gasteiger partial charge in [0.2, 0.25) is 0 Å². The lowest BCUT2D eigenvalue weighted by molar-refractivity contribution is 0.126. The van der Waals surface area contributed by atoms with Gasteiger partial charge < -0.3 is 5.11 Å². The Bertz CT molecular complexity index is 379. The number of piperidine rings is 1. The van der Waals surface area contributed by atoms with E-state index in [1.54, 1.807) is 12.3 Å². The quantitative estimate of drug-likeness (QED) is 0.921. The molecule has 0 atom stereocenters. The topological polar surface area (TPSA) is 36.4 Å². The third-order valence-corrected chi connectivity index (χ3v) is 3.76. The third-order valence-electron chi connectivity index (χ3n) is 3.22. The molecule has 1 saturated heterocycles. The van der Waals surface area contributed by atoms with Crippen LogP contribution in [0.2, 0.25) is 10.0 Å². The second-order valence-electron chi connectivity index (χ2n) is 4.48. The smallest absolute Gasteiger partial charge is 0.0730 e. The molecule has 0 aliphatic carbocycles. The first-order valence-electron chi connectivity index (χ1n) is 5.82. The zero-order chi connectivity index (χ0) is 12.3. The van der Waals surface area contributed by atoms with Crippen molar-refractivity contribution in [2.75, 3.05) is 19.7 Å². The Morgan fingerprint density at radius 2 is 2.06 bits per heavy atom. The van der Waals surface area contributed by atoms with Gasteiger partial charge in [-0.05, 0) is 37.9 Å². The number of aromatic nitrogens is 1. The molecule has 1 aromatic heterocycles. The second kappa shape index (κ2) is 6.01. The van der Waals surface area contributed by atoms with Gasteiger partial charge in [-0.25, -0.2) is 0 Å². The lowest BCUT2D eigenvalue weighted by Gasteiger charge is -2.30. The molecule has 0 spiro atoms. The number of halogens is 2. The maximum absolute atomic E-state index is 9.08. The SMILES string of the molecule is OCC1CCN(Cc2ncc(Cl)cc2Cl)CC1. The van der Waals surface area contributed by atoms with Crippen molar-refractivity contribution in [1.82, 2.24) is 9.88 Å². The van der Waals surface area contributed by atoms with Gasteiger partial charge in [0.05, 0.1) is 15.7 Å². The van der Waals surface area contributed by atoms with E-state index in [4.69, 9.17) is 28.3 Å². The van der Waals surface area contributed by atoms with Crippen LogP contribution in [-0.2, 0) is 6.54 Å². The first-order valence-corrected chi connectivity index (χ1v) is 6.57. The predicted octanol–water partition coefficient (Wildman–Crippen LogP) is 2.59. The van der Waals surface area contributed by atoms with Gasteiger partial charge in [-0.2, -0.15) is 0 Å². The summed E-state index contributed by atoms with van der Waals surface area (Å²) in [5.41, 5.74) is 0.874. The van der Waals surface area contributed by atoms with Gasteiger partial charge in [0.15, 0.2) is 0 Å². The van der Waals surface area contributed by atoms with Crippen molar-refractivity contribution < 1.29 is 5.11 Å². The van der Waals surface area contributed by atoms with Crippen molar-refractivity contribution in [3.63, 3.8) is 0 Å². The summed E-state index contributed by atoms with van der Waals surface area (Å²) in [6.07, 6.45) is 3.71. The molecule has 5 heteroatoms. The highest BCUT2D eigenvalue weighted by Crippen LogP contribution is 2.22. The molecule has 1 aromatic rings. The summed E-state index contributed by atoms with van der Waals surface area (Å²) in [5, 5.41) is 10.3. The Labute approximate surface area is 111 Å². The molecule has 0 saturated carbocycles. The van der Waals surface area contributed by atoms with Gasteiger partial charge in [0.25, 0.3) is 0 Å². The lowest BCUT2D eigenvalue weighted by atomic mass is 9.98. The average molecular weight is 275 g/mol. The van der Waals surface area contributed by atoms with Crippen molar-refractivity contribution >= 4 is 23.2 Å². The zero-order valence-electron chi connectivity index (χ0n) is 9.57. The van der Waals surface area contributed by atoms with E-state index < -0.39 is 0 Å². The normalized spacial score (nSPS) is 18.5. The average Bonchev–Trinajstić information content (AvgIpc) is 2.34. The molecule has 0 unspecified atom stereocenters. The fourth-order valence-electron chi connectivity index (χ4n) is 2.10. The van der Waals surface area contributed by atoms with Crippen LogP contribution >= 0.6 is 23.2 Å². The Morgan fingerprint density at radius 3 is 2.65 bits per heavy atom. The summed E-state index contributed by atoms with van der Waals surface area (Å²) in [6, 6.07) is 1.73. The summed E-state index contributed by atoms with van der Waals surface area (Å²) >= 11 is 11.9. The van der Waals surface area contributed by atoms with E-state index in [1.807, 2.05) is 0 Å². The minimum absolute atomic E-state index is 0.299. The maximum Gasteiger partial charge on any atom is 0.0730 e. The molecule has 17 heavy (non-hydrogen) atoms. The molecule has 0 aromatic carbocycles. The van der Waals surface area contributed by atoms with E-state index in [0.717, 1.165) is 38.2 Å². The first-order chi connectivity index (χ1) is 8.19. The van der Waals surface area contributed by atoms with Crippen LogP contribution < -0.4 is 0 Å². The van der Waals surface area contributed by atoms with Gasteiger partial charge in [0, 0.05) is 19.3 Å². The summed E-state index contributed by atoms with van der Waals surface area (Å²) < 4.78 is 0. The molecule has 2 rings (SSSR count). The molecule has 1 fully saturated rings. The standard InChI is InChI=1S/C12H16Cl2N2O/c13-10-5-11(14)12(15-6-10)7-16-3-1-9(8-17)2-4-16/h5-6,9,17H,1-4,7-8H2. The van der Waals surface area contributed by atoms with Gasteiger partial charge in [-0.15, -0.1) is 0 Å².